The van der Waals surface area contributed by atoms with Gasteiger partial charge in [0.15, 0.2) is 0 Å². The van der Waals surface area contributed by atoms with E-state index in [0.29, 0.717) is 0 Å². The van der Waals surface area contributed by atoms with Crippen molar-refractivity contribution in [3.8, 4) is 0 Å². The molecule has 0 unspecified atom stereocenters. The van der Waals surface area contributed by atoms with E-state index in [-0.39, 0.29) is 0 Å². The molecule has 0 aliphatic carbocycles. The van der Waals surface area contributed by atoms with Gasteiger partial charge in [-0.3, -0.25) is 9.11 Å². The second-order valence-electron chi connectivity index (χ2n) is 0.491. The number of hydrogen-bond donors (Lipinski definition) is 2. The van der Waals surface area contributed by atoms with E-state index in [1.807, 2.05) is 0 Å². The predicted molar refractivity (Wildman–Crippen MR) is 16.4 cm³/mol. The van der Waals surface area contributed by atoms with Crippen molar-refractivity contribution in [1.82, 2.24) is 0 Å². The van der Waals surface area contributed by atoms with Crippen molar-refractivity contribution >= 4 is 10.4 Å². The molecule has 0 aliphatic rings. The van der Waals surface area contributed by atoms with Crippen LogP contribution in [0, 0.1) is 0 Å². The third kappa shape index (κ3) is 2770. The number of hydrogen-bond acceptors (Lipinski definition) is 2. The van der Waals surface area contributed by atoms with Gasteiger partial charge in [-0.1, -0.05) is 0 Å². The Morgan fingerprint density at radius 3 is 1.25 bits per heavy atom. The Labute approximate surface area is 51.6 Å². The predicted octanol–water partition coefficient (Wildman–Crippen LogP) is 0.185. The second-order valence-corrected chi connectivity index (χ2v) is 1.52. The molecule has 0 amide bonds. The molecule has 0 aromatic carbocycles. The third-order valence-corrected chi connectivity index (χ3v) is 0. The Kier molecular flexibility index (Phi) is 7.48. The first-order valence-corrected chi connectivity index (χ1v) is 3.04. The molecule has 0 aliphatic heterocycles. The van der Waals surface area contributed by atoms with Crippen LogP contribution >= 0.6 is 0 Å². The monoisotopic (exact) mass is 199 g/mol. The molecular weight excluding hydrogens is 198 g/mol. The summed E-state index contributed by atoms with van der Waals surface area (Å²) in [5.74, 6) is 0. The van der Waals surface area contributed by atoms with Crippen LogP contribution in [-0.4, -0.2) is 17.5 Å². The summed E-state index contributed by atoms with van der Waals surface area (Å²) in [7, 11) is -4.67. The molecule has 2 N–H and O–H groups in total. The maximum atomic E-state index is 9.53. The molecule has 0 fully saturated rings. The molecule has 8 heavy (non-hydrogen) atoms. The van der Waals surface area contributed by atoms with E-state index in [4.69, 9.17) is 17.5 Å². The summed E-state index contributed by atoms with van der Waals surface area (Å²) in [6.07, 6.45) is 0. The SMILES string of the molecule is O=S(=O)(O)O.[F][Cu][F]. The van der Waals surface area contributed by atoms with Gasteiger partial charge in [-0.15, -0.1) is 0 Å². The fraction of sp³-hybridized carbons (Fsp3) is 0. The summed E-state index contributed by atoms with van der Waals surface area (Å²) >= 11 is -1.19. The summed E-state index contributed by atoms with van der Waals surface area (Å²) in [6.45, 7) is 0. The molecule has 0 spiro atoms. The Bertz CT molecular complexity index is 108. The summed E-state index contributed by atoms with van der Waals surface area (Å²) in [6, 6.07) is 0. The van der Waals surface area contributed by atoms with Crippen molar-refractivity contribution in [2.24, 2.45) is 0 Å². The van der Waals surface area contributed by atoms with Crippen LogP contribution in [0.5, 0.6) is 0 Å². The fourth-order valence-electron chi connectivity index (χ4n) is 0. The van der Waals surface area contributed by atoms with Crippen molar-refractivity contribution in [3.05, 3.63) is 0 Å². The summed E-state index contributed by atoms with van der Waals surface area (Å²) in [5.41, 5.74) is 0. The zero-order valence-electron chi connectivity index (χ0n) is 3.18. The van der Waals surface area contributed by atoms with E-state index in [1.54, 1.807) is 0 Å². The van der Waals surface area contributed by atoms with E-state index in [9.17, 15) is 7.10 Å². The van der Waals surface area contributed by atoms with Gasteiger partial charge in [0, 0.05) is 0 Å². The van der Waals surface area contributed by atoms with Crippen LogP contribution in [0.4, 0.5) is 7.10 Å². The zero-order valence-corrected chi connectivity index (χ0v) is 4.93. The summed E-state index contributed by atoms with van der Waals surface area (Å²) in [4.78, 5) is 0. The maximum absolute atomic E-state index is 9.53. The molecule has 0 aromatic rings. The molecule has 0 radical (unpaired) electrons. The normalized spacial score (nSPS) is 10.0. The molecule has 4 nitrogen and oxygen atoms in total. The molecule has 0 aromatic heterocycles. The standard InChI is InChI=1S/Cu.2FH.H2O4S/c;;;1-5(2,3)4/h;2*1H;(H2,1,2,3,4)/q+2;;;/p-2. The van der Waals surface area contributed by atoms with E-state index < -0.39 is 26.3 Å². The molecule has 0 atom stereocenters. The molecule has 57 valence electrons. The number of halogens is 2. The van der Waals surface area contributed by atoms with Crippen molar-refractivity contribution in [3.63, 3.8) is 0 Å². The molecule has 0 rings (SSSR count). The average molecular weight is 200 g/mol. The molecule has 8 heteroatoms. The van der Waals surface area contributed by atoms with Gasteiger partial charge in [0.05, 0.1) is 0 Å². The van der Waals surface area contributed by atoms with E-state index in [1.165, 1.54) is 0 Å². The molecular formula is H2CuF2O4S. The van der Waals surface area contributed by atoms with Gasteiger partial charge in [-0.05, 0) is 0 Å². The minimum absolute atomic E-state index is 1.19. The zero-order chi connectivity index (χ0) is 7.21. The van der Waals surface area contributed by atoms with Crippen LogP contribution in [0.25, 0.3) is 0 Å². The molecule has 0 heterocycles. The third-order valence-electron chi connectivity index (χ3n) is 0. The second kappa shape index (κ2) is 5.39. The summed E-state index contributed by atoms with van der Waals surface area (Å²) < 4.78 is 50.6. The van der Waals surface area contributed by atoms with Crippen LogP contribution in [0.2, 0.25) is 0 Å². The topological polar surface area (TPSA) is 74.6 Å². The van der Waals surface area contributed by atoms with Crippen molar-refractivity contribution in [1.29, 1.82) is 0 Å². The Balaban J connectivity index is 0. The Morgan fingerprint density at radius 1 is 1.25 bits per heavy atom. The quantitative estimate of drug-likeness (QED) is 0.431. The van der Waals surface area contributed by atoms with Crippen LogP contribution in [-0.2, 0) is 26.3 Å². The van der Waals surface area contributed by atoms with Crippen molar-refractivity contribution < 1.29 is 40.5 Å². The van der Waals surface area contributed by atoms with E-state index in [2.05, 4.69) is 0 Å². The van der Waals surface area contributed by atoms with Gasteiger partial charge in [-0.2, -0.15) is 8.42 Å². The minimum atomic E-state index is -4.67. The van der Waals surface area contributed by atoms with Gasteiger partial charge in [-0.25, -0.2) is 0 Å². The van der Waals surface area contributed by atoms with Crippen LogP contribution in [0.15, 0.2) is 0 Å². The Hall–Kier alpha value is 0.249. The van der Waals surface area contributed by atoms with Crippen molar-refractivity contribution in [2.75, 3.05) is 0 Å². The average Bonchev–Trinajstić information content (AvgIpc) is 1.27. The molecule has 0 saturated heterocycles. The van der Waals surface area contributed by atoms with Gasteiger partial charge in [0.1, 0.15) is 0 Å². The first-order chi connectivity index (χ1) is 3.41. The van der Waals surface area contributed by atoms with Crippen LogP contribution < -0.4 is 0 Å². The molecule has 0 bridgehead atoms. The van der Waals surface area contributed by atoms with Gasteiger partial charge >= 0.3 is 33.4 Å². The van der Waals surface area contributed by atoms with Gasteiger partial charge in [0.25, 0.3) is 0 Å². The Morgan fingerprint density at radius 2 is 1.25 bits per heavy atom. The van der Waals surface area contributed by atoms with Crippen molar-refractivity contribution in [2.45, 2.75) is 0 Å². The summed E-state index contributed by atoms with van der Waals surface area (Å²) in [5, 5.41) is 0. The van der Waals surface area contributed by atoms with E-state index >= 15 is 0 Å². The first kappa shape index (κ1) is 11.1. The van der Waals surface area contributed by atoms with Gasteiger partial charge in [0.2, 0.25) is 0 Å². The van der Waals surface area contributed by atoms with E-state index in [0.717, 1.165) is 0 Å². The van der Waals surface area contributed by atoms with Crippen LogP contribution in [0.1, 0.15) is 0 Å². The van der Waals surface area contributed by atoms with Gasteiger partial charge < -0.3 is 0 Å². The number of rotatable bonds is 0. The fourth-order valence-corrected chi connectivity index (χ4v) is 0. The first-order valence-electron chi connectivity index (χ1n) is 0.926. The van der Waals surface area contributed by atoms with Crippen LogP contribution in [0.3, 0.4) is 0 Å². The molecule has 0 saturated carbocycles.